The molecule has 2 aliphatic rings. The van der Waals surface area contributed by atoms with E-state index in [0.29, 0.717) is 24.3 Å². The van der Waals surface area contributed by atoms with Crippen LogP contribution in [-0.4, -0.2) is 36.9 Å². The molecule has 2 heterocycles. The van der Waals surface area contributed by atoms with Crippen molar-refractivity contribution < 1.29 is 28.5 Å². The highest BCUT2D eigenvalue weighted by Gasteiger charge is 2.25. The smallest absolute Gasteiger partial charge is 0.363 e. The number of esters is 2. The lowest BCUT2D eigenvalue weighted by Gasteiger charge is -2.05. The highest BCUT2D eigenvalue weighted by atomic mass is 16.6. The summed E-state index contributed by atoms with van der Waals surface area (Å²) in [5.74, 6) is 0.987. The summed E-state index contributed by atoms with van der Waals surface area (Å²) >= 11 is 0. The summed E-state index contributed by atoms with van der Waals surface area (Å²) in [6.45, 7) is 5.55. The number of carbonyl (C=O) groups excluding carboxylic acids is 2. The van der Waals surface area contributed by atoms with Gasteiger partial charge in [-0.3, -0.25) is 0 Å². The standard InChI is InChI=1S/C34H32N2O6/c1-3-5-19-39-27-15-11-25(12-16-27)31-35-29(33(37)41-31)21-23-7-9-24(10-8-23)22-30-34(38)42-32(36-30)26-13-17-28(18-14-26)40-20-6-4-2/h7-18,21-22H,3-6,19-20H2,1-2H3. The Kier molecular flexibility index (Phi) is 9.23. The van der Waals surface area contributed by atoms with E-state index in [2.05, 4.69) is 23.8 Å². The Morgan fingerprint density at radius 2 is 0.976 bits per heavy atom. The van der Waals surface area contributed by atoms with Crippen LogP contribution in [0.25, 0.3) is 12.2 Å². The monoisotopic (exact) mass is 564 g/mol. The quantitative estimate of drug-likeness (QED) is 0.137. The molecule has 0 saturated heterocycles. The van der Waals surface area contributed by atoms with Gasteiger partial charge in [-0.05, 0) is 84.7 Å². The molecule has 5 rings (SSSR count). The van der Waals surface area contributed by atoms with Gasteiger partial charge in [0.25, 0.3) is 0 Å². The summed E-state index contributed by atoms with van der Waals surface area (Å²) in [5.41, 5.74) is 3.30. The number of hydrogen-bond acceptors (Lipinski definition) is 8. The number of carbonyl (C=O) groups is 2. The van der Waals surface area contributed by atoms with Crippen molar-refractivity contribution in [3.63, 3.8) is 0 Å². The van der Waals surface area contributed by atoms with Crippen LogP contribution in [0.3, 0.4) is 0 Å². The molecule has 0 aromatic heterocycles. The van der Waals surface area contributed by atoms with Gasteiger partial charge in [-0.2, -0.15) is 0 Å². The predicted octanol–water partition coefficient (Wildman–Crippen LogP) is 6.73. The summed E-state index contributed by atoms with van der Waals surface area (Å²) in [4.78, 5) is 33.7. The molecule has 0 aliphatic carbocycles. The molecule has 8 nitrogen and oxygen atoms in total. The summed E-state index contributed by atoms with van der Waals surface area (Å²) in [7, 11) is 0. The highest BCUT2D eigenvalue weighted by molar-refractivity contribution is 6.13. The molecule has 0 spiro atoms. The van der Waals surface area contributed by atoms with Crippen molar-refractivity contribution >= 4 is 35.9 Å². The lowest BCUT2D eigenvalue weighted by molar-refractivity contribution is -0.130. The number of cyclic esters (lactones) is 2. The number of rotatable bonds is 12. The second-order valence-electron chi connectivity index (χ2n) is 9.79. The molecule has 8 heteroatoms. The number of nitrogens with zero attached hydrogens (tertiary/aromatic N) is 2. The van der Waals surface area contributed by atoms with Crippen molar-refractivity contribution in [1.29, 1.82) is 0 Å². The molecule has 2 aliphatic heterocycles. The van der Waals surface area contributed by atoms with E-state index < -0.39 is 11.9 Å². The third kappa shape index (κ3) is 7.20. The lowest BCUT2D eigenvalue weighted by atomic mass is 10.1. The fourth-order valence-electron chi connectivity index (χ4n) is 4.13. The van der Waals surface area contributed by atoms with Crippen molar-refractivity contribution in [2.24, 2.45) is 9.98 Å². The summed E-state index contributed by atoms with van der Waals surface area (Å²) in [5, 5.41) is 0. The van der Waals surface area contributed by atoms with Gasteiger partial charge in [-0.15, -0.1) is 0 Å². The first-order valence-electron chi connectivity index (χ1n) is 14.1. The number of ether oxygens (including phenoxy) is 4. The molecule has 0 atom stereocenters. The minimum Gasteiger partial charge on any atom is -0.494 e. The normalized spacial score (nSPS) is 16.3. The van der Waals surface area contributed by atoms with Crippen LogP contribution in [0.15, 0.2) is 94.2 Å². The largest absolute Gasteiger partial charge is 0.494 e. The first-order valence-corrected chi connectivity index (χ1v) is 14.1. The van der Waals surface area contributed by atoms with Gasteiger partial charge < -0.3 is 18.9 Å². The van der Waals surface area contributed by atoms with Crippen LogP contribution < -0.4 is 9.47 Å². The highest BCUT2D eigenvalue weighted by Crippen LogP contribution is 2.24. The van der Waals surface area contributed by atoms with E-state index in [0.717, 1.165) is 48.3 Å². The molecule has 214 valence electrons. The number of unbranched alkanes of at least 4 members (excludes halogenated alkanes) is 2. The second kappa shape index (κ2) is 13.6. The molecular formula is C34H32N2O6. The van der Waals surface area contributed by atoms with Crippen LogP contribution >= 0.6 is 0 Å². The fourth-order valence-corrected chi connectivity index (χ4v) is 4.13. The van der Waals surface area contributed by atoms with Gasteiger partial charge in [0.2, 0.25) is 11.8 Å². The summed E-state index contributed by atoms with van der Waals surface area (Å²) in [6, 6.07) is 21.9. The zero-order chi connectivity index (χ0) is 29.3. The zero-order valence-electron chi connectivity index (χ0n) is 23.7. The van der Waals surface area contributed by atoms with E-state index in [9.17, 15) is 9.59 Å². The maximum atomic E-state index is 12.4. The van der Waals surface area contributed by atoms with Crippen molar-refractivity contribution in [2.75, 3.05) is 13.2 Å². The van der Waals surface area contributed by atoms with Gasteiger partial charge in [0.15, 0.2) is 11.4 Å². The van der Waals surface area contributed by atoms with Crippen LogP contribution in [0, 0.1) is 0 Å². The fraction of sp³-hybridized carbons (Fsp3) is 0.235. The van der Waals surface area contributed by atoms with E-state index in [-0.39, 0.29) is 23.2 Å². The third-order valence-corrected chi connectivity index (χ3v) is 6.52. The average Bonchev–Trinajstić information content (AvgIpc) is 3.56. The Labute approximate surface area is 245 Å². The van der Waals surface area contributed by atoms with Gasteiger partial charge in [0.05, 0.1) is 13.2 Å². The first-order chi connectivity index (χ1) is 20.5. The molecule has 0 unspecified atom stereocenters. The predicted molar refractivity (Wildman–Crippen MR) is 161 cm³/mol. The number of hydrogen-bond donors (Lipinski definition) is 0. The van der Waals surface area contributed by atoms with Crippen molar-refractivity contribution in [2.45, 2.75) is 39.5 Å². The summed E-state index contributed by atoms with van der Waals surface area (Å²) < 4.78 is 22.1. The Morgan fingerprint density at radius 3 is 1.33 bits per heavy atom. The number of benzene rings is 3. The van der Waals surface area contributed by atoms with Crippen LogP contribution in [0.5, 0.6) is 11.5 Å². The van der Waals surface area contributed by atoms with Gasteiger partial charge in [-0.1, -0.05) is 51.0 Å². The molecule has 3 aromatic carbocycles. The van der Waals surface area contributed by atoms with Crippen molar-refractivity contribution in [3.05, 3.63) is 106 Å². The van der Waals surface area contributed by atoms with E-state index in [1.54, 1.807) is 12.2 Å². The molecule has 42 heavy (non-hydrogen) atoms. The first kappa shape index (κ1) is 28.5. The topological polar surface area (TPSA) is 95.8 Å². The van der Waals surface area contributed by atoms with Gasteiger partial charge in [0.1, 0.15) is 11.5 Å². The SMILES string of the molecule is CCCCOc1ccc(C2=NC(=Cc3ccc(C=C4N=C(c5ccc(OCCCC)cc5)OC4=O)cc3)C(=O)O2)cc1. The molecular weight excluding hydrogens is 532 g/mol. The van der Waals surface area contributed by atoms with Crippen LogP contribution in [0.2, 0.25) is 0 Å². The molecule has 0 fully saturated rings. The van der Waals surface area contributed by atoms with E-state index in [1.807, 2.05) is 72.8 Å². The average molecular weight is 565 g/mol. The minimum absolute atomic E-state index is 0.203. The molecule has 0 radical (unpaired) electrons. The van der Waals surface area contributed by atoms with Crippen LogP contribution in [0.4, 0.5) is 0 Å². The Morgan fingerprint density at radius 1 is 0.595 bits per heavy atom. The zero-order valence-corrected chi connectivity index (χ0v) is 23.7. The van der Waals surface area contributed by atoms with E-state index in [4.69, 9.17) is 18.9 Å². The van der Waals surface area contributed by atoms with Crippen molar-refractivity contribution in [1.82, 2.24) is 0 Å². The molecule has 0 amide bonds. The molecule has 0 saturated carbocycles. The Hall–Kier alpha value is -4.98. The number of aliphatic imine (C=N–C) groups is 2. The van der Waals surface area contributed by atoms with Gasteiger partial charge in [-0.25, -0.2) is 19.6 Å². The second-order valence-corrected chi connectivity index (χ2v) is 9.79. The van der Waals surface area contributed by atoms with Gasteiger partial charge in [0, 0.05) is 11.1 Å². The van der Waals surface area contributed by atoms with E-state index >= 15 is 0 Å². The maximum Gasteiger partial charge on any atom is 0.363 e. The van der Waals surface area contributed by atoms with Crippen molar-refractivity contribution in [3.8, 4) is 11.5 Å². The van der Waals surface area contributed by atoms with Crippen LogP contribution in [0.1, 0.15) is 61.8 Å². The Balaban J connectivity index is 1.24. The maximum absolute atomic E-state index is 12.4. The van der Waals surface area contributed by atoms with E-state index in [1.165, 1.54) is 0 Å². The van der Waals surface area contributed by atoms with Crippen LogP contribution in [-0.2, 0) is 19.1 Å². The Bertz CT molecular complexity index is 1430. The summed E-state index contributed by atoms with van der Waals surface area (Å²) in [6.07, 6.45) is 7.43. The molecule has 0 N–H and O–H groups in total. The minimum atomic E-state index is -0.518. The lowest BCUT2D eigenvalue weighted by Crippen LogP contribution is -2.05. The van der Waals surface area contributed by atoms with Gasteiger partial charge >= 0.3 is 11.9 Å². The molecule has 3 aromatic rings. The molecule has 0 bridgehead atoms. The third-order valence-electron chi connectivity index (χ3n) is 6.52.